The van der Waals surface area contributed by atoms with Gasteiger partial charge in [0.05, 0.1) is 0 Å². The van der Waals surface area contributed by atoms with Gasteiger partial charge < -0.3 is 9.80 Å². The minimum Gasteiger partial charge on any atom is -0.340 e. The van der Waals surface area contributed by atoms with Gasteiger partial charge >= 0.3 is 0 Å². The van der Waals surface area contributed by atoms with Crippen LogP contribution in [-0.4, -0.2) is 45.4 Å². The number of piperidine rings is 2. The van der Waals surface area contributed by atoms with Crippen molar-refractivity contribution in [2.75, 3.05) is 24.5 Å². The van der Waals surface area contributed by atoms with Gasteiger partial charge in [0.15, 0.2) is 0 Å². The summed E-state index contributed by atoms with van der Waals surface area (Å²) in [6.07, 6.45) is 11.1. The Labute approximate surface area is 147 Å². The lowest BCUT2D eigenvalue weighted by molar-refractivity contribution is -0.138. The molecule has 2 saturated heterocycles. The first kappa shape index (κ1) is 16.0. The minimum atomic E-state index is 0.146. The number of hydrogen-bond acceptors (Lipinski definition) is 5. The van der Waals surface area contributed by atoms with Crippen LogP contribution in [0.1, 0.15) is 31.2 Å². The van der Waals surface area contributed by atoms with Gasteiger partial charge in [0.2, 0.25) is 11.9 Å². The Kier molecular flexibility index (Phi) is 4.34. The number of hydrogen-bond donors (Lipinski definition) is 0. The van der Waals surface area contributed by atoms with Crippen molar-refractivity contribution in [1.82, 2.24) is 19.9 Å². The van der Waals surface area contributed by atoms with E-state index in [1.54, 1.807) is 18.6 Å². The number of aromatic nitrogens is 3. The first-order chi connectivity index (χ1) is 12.2. The molecule has 2 fully saturated rings. The average molecular weight is 337 g/mol. The third kappa shape index (κ3) is 3.48. The third-order valence-corrected chi connectivity index (χ3v) is 5.34. The highest BCUT2D eigenvalue weighted by molar-refractivity contribution is 5.77. The van der Waals surface area contributed by atoms with Gasteiger partial charge in [-0.1, -0.05) is 6.07 Å². The number of carbonyl (C=O) groups excluding carboxylic acids is 1. The van der Waals surface area contributed by atoms with E-state index < -0.39 is 0 Å². The first-order valence-corrected chi connectivity index (χ1v) is 8.93. The van der Waals surface area contributed by atoms with E-state index in [4.69, 9.17) is 0 Å². The molecule has 0 radical (unpaired) electrons. The highest BCUT2D eigenvalue weighted by Crippen LogP contribution is 2.39. The Hall–Kier alpha value is -2.50. The van der Waals surface area contributed by atoms with Crippen molar-refractivity contribution in [2.45, 2.75) is 32.2 Å². The lowest BCUT2D eigenvalue weighted by Crippen LogP contribution is -2.54. The highest BCUT2D eigenvalue weighted by atomic mass is 16.2. The number of likely N-dealkylation sites (tertiary alicyclic amines) is 1. The van der Waals surface area contributed by atoms with Crippen LogP contribution in [0.15, 0.2) is 43.0 Å². The Morgan fingerprint density at radius 3 is 2.76 bits per heavy atom. The van der Waals surface area contributed by atoms with Gasteiger partial charge in [-0.15, -0.1) is 0 Å². The summed E-state index contributed by atoms with van der Waals surface area (Å²) in [6.45, 7) is 3.37. The van der Waals surface area contributed by atoms with Gasteiger partial charge in [0.1, 0.15) is 0 Å². The van der Waals surface area contributed by atoms with E-state index >= 15 is 0 Å². The fourth-order valence-corrected chi connectivity index (χ4v) is 4.12. The minimum absolute atomic E-state index is 0.146. The van der Waals surface area contributed by atoms with Gasteiger partial charge in [-0.05, 0) is 37.0 Å². The van der Waals surface area contributed by atoms with E-state index in [1.807, 2.05) is 29.3 Å². The zero-order chi connectivity index (χ0) is 17.1. The molecule has 0 saturated carbocycles. The number of pyridine rings is 1. The molecule has 0 N–H and O–H groups in total. The van der Waals surface area contributed by atoms with Crippen LogP contribution in [0, 0.1) is 5.41 Å². The summed E-state index contributed by atoms with van der Waals surface area (Å²) in [4.78, 5) is 29.7. The molecule has 1 atom stereocenters. The van der Waals surface area contributed by atoms with E-state index in [-0.39, 0.29) is 11.3 Å². The number of amides is 1. The molecule has 1 amide bonds. The van der Waals surface area contributed by atoms with Crippen molar-refractivity contribution in [3.8, 4) is 0 Å². The van der Waals surface area contributed by atoms with E-state index in [9.17, 15) is 4.79 Å². The Balaban J connectivity index is 1.50. The van der Waals surface area contributed by atoms with Crippen LogP contribution in [-0.2, 0) is 11.3 Å². The standard InChI is InChI=1S/C19H23N5O/c25-17-5-7-19(15-24(17)13-16-4-1-8-20-12-16)6-2-11-23(14-19)18-21-9-3-10-22-18/h1,3-4,8-10,12H,2,5-7,11,13-15H2/t19-/m0/s1. The van der Waals surface area contributed by atoms with E-state index in [1.165, 1.54) is 0 Å². The molecular formula is C19H23N5O. The molecule has 6 nitrogen and oxygen atoms in total. The SMILES string of the molecule is O=C1CC[C@]2(CCCN(c3ncccn3)C2)CN1Cc1cccnc1. The normalized spacial score (nSPS) is 23.9. The quantitative estimate of drug-likeness (QED) is 0.860. The lowest BCUT2D eigenvalue weighted by Gasteiger charge is -2.48. The zero-order valence-corrected chi connectivity index (χ0v) is 14.3. The van der Waals surface area contributed by atoms with Crippen molar-refractivity contribution in [3.63, 3.8) is 0 Å². The van der Waals surface area contributed by atoms with E-state index in [0.717, 1.165) is 50.4 Å². The highest BCUT2D eigenvalue weighted by Gasteiger charge is 2.42. The van der Waals surface area contributed by atoms with E-state index in [2.05, 4.69) is 19.9 Å². The predicted molar refractivity (Wildman–Crippen MR) is 94.8 cm³/mol. The van der Waals surface area contributed by atoms with Gasteiger partial charge in [-0.2, -0.15) is 0 Å². The largest absolute Gasteiger partial charge is 0.340 e. The van der Waals surface area contributed by atoms with Crippen molar-refractivity contribution in [2.24, 2.45) is 5.41 Å². The molecule has 0 unspecified atom stereocenters. The Morgan fingerprint density at radius 1 is 1.08 bits per heavy atom. The molecule has 25 heavy (non-hydrogen) atoms. The number of anilines is 1. The summed E-state index contributed by atoms with van der Waals surface area (Å²) in [5.41, 5.74) is 1.24. The molecule has 0 aliphatic carbocycles. The van der Waals surface area contributed by atoms with Gasteiger partial charge in [0, 0.05) is 62.8 Å². The molecule has 0 bridgehead atoms. The summed E-state index contributed by atoms with van der Waals surface area (Å²) in [7, 11) is 0. The number of carbonyl (C=O) groups is 1. The van der Waals surface area contributed by atoms with Crippen LogP contribution < -0.4 is 4.90 Å². The fraction of sp³-hybridized carbons (Fsp3) is 0.474. The smallest absolute Gasteiger partial charge is 0.225 e. The monoisotopic (exact) mass is 337 g/mol. The van der Waals surface area contributed by atoms with Crippen LogP contribution in [0.2, 0.25) is 0 Å². The second kappa shape index (κ2) is 6.78. The van der Waals surface area contributed by atoms with Crippen LogP contribution >= 0.6 is 0 Å². The molecule has 4 rings (SSSR count). The third-order valence-electron chi connectivity index (χ3n) is 5.34. The Bertz CT molecular complexity index is 723. The van der Waals surface area contributed by atoms with Crippen LogP contribution in [0.3, 0.4) is 0 Å². The van der Waals surface area contributed by atoms with Gasteiger partial charge in [-0.3, -0.25) is 9.78 Å². The molecule has 6 heteroatoms. The van der Waals surface area contributed by atoms with Crippen LogP contribution in [0.4, 0.5) is 5.95 Å². The first-order valence-electron chi connectivity index (χ1n) is 8.93. The molecule has 130 valence electrons. The second-order valence-corrected chi connectivity index (χ2v) is 7.18. The molecule has 4 heterocycles. The maximum Gasteiger partial charge on any atom is 0.225 e. The van der Waals surface area contributed by atoms with Crippen molar-refractivity contribution in [1.29, 1.82) is 0 Å². The summed E-state index contributed by atoms with van der Waals surface area (Å²) in [5, 5.41) is 0. The topological polar surface area (TPSA) is 62.2 Å². The molecular weight excluding hydrogens is 314 g/mol. The van der Waals surface area contributed by atoms with Crippen molar-refractivity contribution in [3.05, 3.63) is 48.5 Å². The number of rotatable bonds is 3. The lowest BCUT2D eigenvalue weighted by atomic mass is 9.73. The molecule has 0 aromatic carbocycles. The fourth-order valence-electron chi connectivity index (χ4n) is 4.12. The van der Waals surface area contributed by atoms with Gasteiger partial charge in [-0.25, -0.2) is 9.97 Å². The van der Waals surface area contributed by atoms with Crippen LogP contribution in [0.5, 0.6) is 0 Å². The van der Waals surface area contributed by atoms with Crippen LogP contribution in [0.25, 0.3) is 0 Å². The zero-order valence-electron chi connectivity index (χ0n) is 14.3. The summed E-state index contributed by atoms with van der Waals surface area (Å²) in [5.74, 6) is 1.06. The Morgan fingerprint density at radius 2 is 1.96 bits per heavy atom. The van der Waals surface area contributed by atoms with E-state index in [0.29, 0.717) is 13.0 Å². The molecule has 2 aromatic rings. The molecule has 2 aliphatic rings. The maximum atomic E-state index is 12.4. The van der Waals surface area contributed by atoms with Gasteiger partial charge in [0.25, 0.3) is 0 Å². The predicted octanol–water partition coefficient (Wildman–Crippen LogP) is 2.28. The second-order valence-electron chi connectivity index (χ2n) is 7.18. The van der Waals surface area contributed by atoms with Crippen molar-refractivity contribution >= 4 is 11.9 Å². The maximum absolute atomic E-state index is 12.4. The molecule has 2 aliphatic heterocycles. The molecule has 2 aromatic heterocycles. The molecule has 1 spiro atoms. The average Bonchev–Trinajstić information content (AvgIpc) is 2.67. The van der Waals surface area contributed by atoms with Crippen molar-refractivity contribution < 1.29 is 4.79 Å². The number of nitrogens with zero attached hydrogens (tertiary/aromatic N) is 5. The summed E-state index contributed by atoms with van der Waals surface area (Å²) >= 11 is 0. The summed E-state index contributed by atoms with van der Waals surface area (Å²) in [6, 6.07) is 5.80. The summed E-state index contributed by atoms with van der Waals surface area (Å²) < 4.78 is 0.